The van der Waals surface area contributed by atoms with Crippen LogP contribution in [0.15, 0.2) is 5.16 Å². The zero-order chi connectivity index (χ0) is 10.9. The van der Waals surface area contributed by atoms with Crippen molar-refractivity contribution < 1.29 is 19.5 Å². The van der Waals surface area contributed by atoms with Gasteiger partial charge in [0.05, 0.1) is 5.71 Å². The van der Waals surface area contributed by atoms with Crippen LogP contribution in [-0.4, -0.2) is 28.7 Å². The van der Waals surface area contributed by atoms with Crippen molar-refractivity contribution in [3.63, 3.8) is 0 Å². The molecule has 0 aromatic heterocycles. The van der Waals surface area contributed by atoms with Crippen LogP contribution in [0.25, 0.3) is 0 Å². The molecule has 0 radical (unpaired) electrons. The van der Waals surface area contributed by atoms with Crippen molar-refractivity contribution >= 4 is 11.9 Å². The van der Waals surface area contributed by atoms with Crippen molar-refractivity contribution in [1.82, 2.24) is 0 Å². The highest BCUT2D eigenvalue weighted by Crippen LogP contribution is 2.39. The first kappa shape index (κ1) is 10.3. The predicted molar refractivity (Wildman–Crippen MR) is 52.9 cm³/mol. The van der Waals surface area contributed by atoms with Crippen LogP contribution >= 0.6 is 0 Å². The lowest BCUT2D eigenvalue weighted by Gasteiger charge is -2.33. The van der Waals surface area contributed by atoms with Crippen LogP contribution in [0.3, 0.4) is 0 Å². The van der Waals surface area contributed by atoms with Gasteiger partial charge in [0.2, 0.25) is 0 Å². The summed E-state index contributed by atoms with van der Waals surface area (Å²) in [5, 5.41) is 12.4. The molecule has 1 aliphatic heterocycles. The number of nitrogens with zero attached hydrogens (tertiary/aromatic N) is 1. The van der Waals surface area contributed by atoms with Crippen LogP contribution in [0, 0.1) is 0 Å². The summed E-state index contributed by atoms with van der Waals surface area (Å²) in [6, 6.07) is 0. The summed E-state index contributed by atoms with van der Waals surface area (Å²) in [4.78, 5) is 15.8. The Kier molecular flexibility index (Phi) is 2.54. The van der Waals surface area contributed by atoms with Crippen LogP contribution < -0.4 is 0 Å². The first-order chi connectivity index (χ1) is 7.10. The molecule has 0 bridgehead atoms. The summed E-state index contributed by atoms with van der Waals surface area (Å²) in [6.45, 7) is 1.95. The molecule has 1 fully saturated rings. The van der Waals surface area contributed by atoms with Crippen LogP contribution in [0.1, 0.15) is 39.0 Å². The number of hydrogen-bond acceptors (Lipinski definition) is 4. The first-order valence-electron chi connectivity index (χ1n) is 5.21. The Morgan fingerprint density at radius 2 is 2.27 bits per heavy atom. The smallest absolute Gasteiger partial charge is 0.450 e. The van der Waals surface area contributed by atoms with Crippen LogP contribution in [-0.2, 0) is 9.57 Å². The lowest BCUT2D eigenvalue weighted by Crippen LogP contribution is -2.37. The van der Waals surface area contributed by atoms with Crippen molar-refractivity contribution in [1.29, 1.82) is 0 Å². The number of carboxylic acid groups (broad SMARTS) is 1. The number of ether oxygens (including phenoxy) is 1. The SMILES string of the molecule is CC1=NOC2(CCC(OC(=O)O)CC2)C1. The maximum Gasteiger partial charge on any atom is 0.506 e. The van der Waals surface area contributed by atoms with E-state index in [2.05, 4.69) is 5.16 Å². The van der Waals surface area contributed by atoms with Crippen molar-refractivity contribution in [3.8, 4) is 0 Å². The minimum Gasteiger partial charge on any atom is -0.450 e. The fourth-order valence-electron chi connectivity index (χ4n) is 2.35. The Morgan fingerprint density at radius 1 is 1.60 bits per heavy atom. The monoisotopic (exact) mass is 213 g/mol. The Bertz CT molecular complexity index is 292. The second-order valence-corrected chi connectivity index (χ2v) is 4.36. The molecule has 2 aliphatic rings. The minimum atomic E-state index is -1.18. The molecule has 0 atom stereocenters. The van der Waals surface area contributed by atoms with E-state index in [0.29, 0.717) is 0 Å². The molecule has 1 spiro atoms. The standard InChI is InChI=1S/C10H15NO4/c1-7-6-10(15-11-7)4-2-8(3-5-10)14-9(12)13/h8H,2-6H2,1H3,(H,12,13). The first-order valence-corrected chi connectivity index (χ1v) is 5.21. The van der Waals surface area contributed by atoms with E-state index in [1.54, 1.807) is 0 Å². The second kappa shape index (κ2) is 3.72. The van der Waals surface area contributed by atoms with E-state index in [4.69, 9.17) is 14.7 Å². The largest absolute Gasteiger partial charge is 0.506 e. The molecular weight excluding hydrogens is 198 g/mol. The van der Waals surface area contributed by atoms with E-state index in [1.165, 1.54) is 0 Å². The van der Waals surface area contributed by atoms with Gasteiger partial charge in [-0.15, -0.1) is 0 Å². The van der Waals surface area contributed by atoms with E-state index < -0.39 is 6.16 Å². The zero-order valence-electron chi connectivity index (χ0n) is 8.73. The Morgan fingerprint density at radius 3 is 2.73 bits per heavy atom. The van der Waals surface area contributed by atoms with Crippen LogP contribution in [0.4, 0.5) is 4.79 Å². The van der Waals surface area contributed by atoms with Gasteiger partial charge < -0.3 is 14.7 Å². The van der Waals surface area contributed by atoms with Gasteiger partial charge in [-0.1, -0.05) is 5.16 Å². The zero-order valence-corrected chi connectivity index (χ0v) is 8.73. The van der Waals surface area contributed by atoms with Gasteiger partial charge in [-0.3, -0.25) is 0 Å². The molecule has 1 heterocycles. The highest BCUT2D eigenvalue weighted by molar-refractivity contribution is 5.83. The molecule has 0 amide bonds. The van der Waals surface area contributed by atoms with Gasteiger partial charge in [-0.25, -0.2) is 4.79 Å². The summed E-state index contributed by atoms with van der Waals surface area (Å²) in [5.41, 5.74) is 0.857. The van der Waals surface area contributed by atoms with E-state index in [9.17, 15) is 4.79 Å². The molecular formula is C10H15NO4. The Labute approximate surface area is 88.0 Å². The van der Waals surface area contributed by atoms with Crippen molar-refractivity contribution in [3.05, 3.63) is 0 Å². The molecule has 1 N–H and O–H groups in total. The lowest BCUT2D eigenvalue weighted by atomic mass is 9.80. The third kappa shape index (κ3) is 2.22. The Hall–Kier alpha value is -1.26. The fraction of sp³-hybridized carbons (Fsp3) is 0.800. The van der Waals surface area contributed by atoms with Gasteiger partial charge in [-0.2, -0.15) is 0 Å². The molecule has 0 unspecified atom stereocenters. The van der Waals surface area contributed by atoms with Gasteiger partial charge in [0.1, 0.15) is 11.7 Å². The average Bonchev–Trinajstić information content (AvgIpc) is 2.52. The molecule has 2 rings (SSSR count). The number of hydrogen-bond donors (Lipinski definition) is 1. The van der Waals surface area contributed by atoms with Gasteiger partial charge in [-0.05, 0) is 32.6 Å². The number of oxime groups is 1. The van der Waals surface area contributed by atoms with Gasteiger partial charge >= 0.3 is 6.16 Å². The predicted octanol–water partition coefficient (Wildman–Crippen LogP) is 2.16. The van der Waals surface area contributed by atoms with E-state index >= 15 is 0 Å². The molecule has 0 aromatic carbocycles. The van der Waals surface area contributed by atoms with Gasteiger partial charge in [0, 0.05) is 6.42 Å². The third-order valence-corrected chi connectivity index (χ3v) is 3.08. The molecule has 15 heavy (non-hydrogen) atoms. The summed E-state index contributed by atoms with van der Waals surface area (Å²) in [6.07, 6.45) is 2.63. The molecule has 0 aromatic rings. The van der Waals surface area contributed by atoms with Crippen molar-refractivity contribution in [2.75, 3.05) is 0 Å². The van der Waals surface area contributed by atoms with Gasteiger partial charge in [0.15, 0.2) is 0 Å². The summed E-state index contributed by atoms with van der Waals surface area (Å²) in [5.74, 6) is 0. The molecule has 5 nitrogen and oxygen atoms in total. The molecule has 5 heteroatoms. The lowest BCUT2D eigenvalue weighted by molar-refractivity contribution is -0.0738. The van der Waals surface area contributed by atoms with Crippen molar-refractivity contribution in [2.24, 2.45) is 5.16 Å². The normalized spacial score (nSPS) is 34.7. The quantitative estimate of drug-likeness (QED) is 0.678. The maximum atomic E-state index is 10.4. The maximum absolute atomic E-state index is 10.4. The molecule has 1 aliphatic carbocycles. The third-order valence-electron chi connectivity index (χ3n) is 3.08. The second-order valence-electron chi connectivity index (χ2n) is 4.36. The fourth-order valence-corrected chi connectivity index (χ4v) is 2.35. The summed E-state index contributed by atoms with van der Waals surface area (Å²) in [7, 11) is 0. The van der Waals surface area contributed by atoms with Crippen LogP contribution in [0.2, 0.25) is 0 Å². The molecule has 84 valence electrons. The molecule has 1 saturated carbocycles. The highest BCUT2D eigenvalue weighted by atomic mass is 16.7. The average molecular weight is 213 g/mol. The highest BCUT2D eigenvalue weighted by Gasteiger charge is 2.42. The summed E-state index contributed by atoms with van der Waals surface area (Å²) < 4.78 is 4.74. The number of rotatable bonds is 1. The number of carbonyl (C=O) groups is 1. The molecule has 0 saturated heterocycles. The van der Waals surface area contributed by atoms with E-state index in [-0.39, 0.29) is 11.7 Å². The van der Waals surface area contributed by atoms with E-state index in [0.717, 1.165) is 37.8 Å². The van der Waals surface area contributed by atoms with Gasteiger partial charge in [0.25, 0.3) is 0 Å². The van der Waals surface area contributed by atoms with Crippen LogP contribution in [0.5, 0.6) is 0 Å². The Balaban J connectivity index is 1.85. The van der Waals surface area contributed by atoms with E-state index in [1.807, 2.05) is 6.92 Å². The summed E-state index contributed by atoms with van der Waals surface area (Å²) >= 11 is 0. The topological polar surface area (TPSA) is 68.1 Å². The van der Waals surface area contributed by atoms with Crippen molar-refractivity contribution in [2.45, 2.75) is 50.7 Å². The minimum absolute atomic E-state index is 0.164.